The van der Waals surface area contributed by atoms with E-state index < -0.39 is 0 Å². The number of nitrogens with zero attached hydrogens (tertiary/aromatic N) is 1. The Balaban J connectivity index is 2.10. The molecule has 2 nitrogen and oxygen atoms in total. The molecule has 2 aliphatic rings. The van der Waals surface area contributed by atoms with Gasteiger partial charge in [0.05, 0.1) is 18.1 Å². The van der Waals surface area contributed by atoms with Crippen molar-refractivity contribution in [2.45, 2.75) is 43.5 Å². The van der Waals surface area contributed by atoms with Crippen LogP contribution >= 0.6 is 11.8 Å². The summed E-state index contributed by atoms with van der Waals surface area (Å²) >= 11 is 1.99. The van der Waals surface area contributed by atoms with Crippen molar-refractivity contribution in [2.24, 2.45) is 5.92 Å². The molecule has 2 saturated heterocycles. The highest BCUT2D eigenvalue weighted by Gasteiger charge is 2.44. The normalized spacial score (nSPS) is 43.4. The average molecular weight is 211 g/mol. The van der Waals surface area contributed by atoms with Crippen molar-refractivity contribution in [1.29, 1.82) is 5.26 Å². The predicted octanol–water partition coefficient (Wildman–Crippen LogP) is 2.59. The molecule has 2 fully saturated rings. The molecule has 0 spiro atoms. The number of rotatable bonds is 1. The summed E-state index contributed by atoms with van der Waals surface area (Å²) in [7, 11) is 0. The fourth-order valence-corrected chi connectivity index (χ4v) is 3.98. The van der Waals surface area contributed by atoms with Crippen LogP contribution in [-0.2, 0) is 4.74 Å². The van der Waals surface area contributed by atoms with E-state index in [9.17, 15) is 0 Å². The molecule has 2 heterocycles. The third-order valence-electron chi connectivity index (χ3n) is 3.34. The second-order valence-corrected chi connectivity index (χ2v) is 6.06. The molecule has 0 radical (unpaired) electrons. The first-order chi connectivity index (χ1) is 6.76. The van der Waals surface area contributed by atoms with Crippen LogP contribution in [0.2, 0.25) is 0 Å². The SMILES string of the molecule is CC1(C2OCCCC2C#N)CCCS1. The van der Waals surface area contributed by atoms with Crippen LogP contribution in [-0.4, -0.2) is 23.2 Å². The molecule has 14 heavy (non-hydrogen) atoms. The van der Waals surface area contributed by atoms with E-state index in [0.29, 0.717) is 0 Å². The number of hydrogen-bond donors (Lipinski definition) is 0. The number of ether oxygens (including phenoxy) is 1. The van der Waals surface area contributed by atoms with Crippen LogP contribution in [0.15, 0.2) is 0 Å². The molecule has 0 aromatic rings. The van der Waals surface area contributed by atoms with Crippen molar-refractivity contribution in [3.05, 3.63) is 0 Å². The van der Waals surface area contributed by atoms with Crippen molar-refractivity contribution in [2.75, 3.05) is 12.4 Å². The topological polar surface area (TPSA) is 33.0 Å². The summed E-state index contributed by atoms with van der Waals surface area (Å²) in [4.78, 5) is 0. The molecule has 78 valence electrons. The van der Waals surface area contributed by atoms with E-state index in [0.717, 1.165) is 19.4 Å². The highest BCUT2D eigenvalue weighted by molar-refractivity contribution is 8.00. The van der Waals surface area contributed by atoms with Gasteiger partial charge in [-0.3, -0.25) is 0 Å². The Morgan fingerprint density at radius 1 is 1.50 bits per heavy atom. The van der Waals surface area contributed by atoms with E-state index in [2.05, 4.69) is 13.0 Å². The Morgan fingerprint density at radius 3 is 3.00 bits per heavy atom. The van der Waals surface area contributed by atoms with E-state index in [4.69, 9.17) is 10.00 Å². The van der Waals surface area contributed by atoms with Gasteiger partial charge in [-0.2, -0.15) is 17.0 Å². The fourth-order valence-electron chi connectivity index (χ4n) is 2.54. The maximum Gasteiger partial charge on any atom is 0.0876 e. The summed E-state index contributed by atoms with van der Waals surface area (Å²) in [5.74, 6) is 1.36. The molecule has 0 amide bonds. The first-order valence-corrected chi connectivity index (χ1v) is 6.40. The smallest absolute Gasteiger partial charge is 0.0876 e. The van der Waals surface area contributed by atoms with Crippen LogP contribution in [0.5, 0.6) is 0 Å². The van der Waals surface area contributed by atoms with Gasteiger partial charge in [0.15, 0.2) is 0 Å². The van der Waals surface area contributed by atoms with E-state index in [-0.39, 0.29) is 16.8 Å². The monoisotopic (exact) mass is 211 g/mol. The average Bonchev–Trinajstić information content (AvgIpc) is 2.66. The van der Waals surface area contributed by atoms with Crippen molar-refractivity contribution < 1.29 is 4.74 Å². The minimum absolute atomic E-state index is 0.124. The Morgan fingerprint density at radius 2 is 2.36 bits per heavy atom. The van der Waals surface area contributed by atoms with Crippen molar-refractivity contribution in [1.82, 2.24) is 0 Å². The van der Waals surface area contributed by atoms with Gasteiger partial charge in [0, 0.05) is 11.4 Å². The van der Waals surface area contributed by atoms with Gasteiger partial charge in [-0.1, -0.05) is 0 Å². The van der Waals surface area contributed by atoms with E-state index in [1.165, 1.54) is 18.6 Å². The molecular weight excluding hydrogens is 194 g/mol. The zero-order valence-corrected chi connectivity index (χ0v) is 9.48. The summed E-state index contributed by atoms with van der Waals surface area (Å²) in [5.41, 5.74) is 0. The quantitative estimate of drug-likeness (QED) is 0.668. The minimum Gasteiger partial charge on any atom is -0.375 e. The molecule has 3 unspecified atom stereocenters. The lowest BCUT2D eigenvalue weighted by Gasteiger charge is -2.38. The third-order valence-corrected chi connectivity index (χ3v) is 4.93. The van der Waals surface area contributed by atoms with E-state index >= 15 is 0 Å². The van der Waals surface area contributed by atoms with Gasteiger partial charge < -0.3 is 4.74 Å². The Bertz CT molecular complexity index is 242. The summed E-state index contributed by atoms with van der Waals surface area (Å²) in [6, 6.07) is 2.42. The van der Waals surface area contributed by atoms with Crippen LogP contribution < -0.4 is 0 Å². The largest absolute Gasteiger partial charge is 0.375 e. The fraction of sp³-hybridized carbons (Fsp3) is 0.909. The van der Waals surface area contributed by atoms with Crippen molar-refractivity contribution in [3.63, 3.8) is 0 Å². The van der Waals surface area contributed by atoms with Gasteiger partial charge >= 0.3 is 0 Å². The minimum atomic E-state index is 0.124. The summed E-state index contributed by atoms with van der Waals surface area (Å²) in [6.07, 6.45) is 4.74. The predicted molar refractivity (Wildman–Crippen MR) is 58.2 cm³/mol. The summed E-state index contributed by atoms with van der Waals surface area (Å²) < 4.78 is 6.03. The molecule has 3 heteroatoms. The summed E-state index contributed by atoms with van der Waals surface area (Å²) in [5, 5.41) is 9.10. The van der Waals surface area contributed by atoms with Gasteiger partial charge in [-0.05, 0) is 38.4 Å². The second-order valence-electron chi connectivity index (χ2n) is 4.43. The Kier molecular flexibility index (Phi) is 3.04. The molecule has 0 N–H and O–H groups in total. The van der Waals surface area contributed by atoms with Crippen LogP contribution in [0, 0.1) is 17.2 Å². The van der Waals surface area contributed by atoms with Crippen LogP contribution in [0.1, 0.15) is 32.6 Å². The van der Waals surface area contributed by atoms with Gasteiger partial charge in [0.2, 0.25) is 0 Å². The molecule has 3 atom stereocenters. The molecular formula is C11H17NOS. The Labute approximate surface area is 90.0 Å². The lowest BCUT2D eigenvalue weighted by Crippen LogP contribution is -2.44. The Hall–Kier alpha value is -0.200. The molecule has 0 bridgehead atoms. The van der Waals surface area contributed by atoms with Crippen LogP contribution in [0.3, 0.4) is 0 Å². The van der Waals surface area contributed by atoms with Gasteiger partial charge in [0.1, 0.15) is 0 Å². The number of hydrogen-bond acceptors (Lipinski definition) is 3. The second kappa shape index (κ2) is 4.12. The highest BCUT2D eigenvalue weighted by Crippen LogP contribution is 2.45. The van der Waals surface area contributed by atoms with Crippen molar-refractivity contribution >= 4 is 11.8 Å². The van der Waals surface area contributed by atoms with Gasteiger partial charge in [-0.25, -0.2) is 0 Å². The molecule has 0 aromatic carbocycles. The van der Waals surface area contributed by atoms with E-state index in [1.807, 2.05) is 11.8 Å². The number of nitriles is 1. The first-order valence-electron chi connectivity index (χ1n) is 5.41. The van der Waals surface area contributed by atoms with E-state index in [1.54, 1.807) is 0 Å². The highest BCUT2D eigenvalue weighted by atomic mass is 32.2. The molecule has 0 aromatic heterocycles. The molecule has 2 rings (SSSR count). The van der Waals surface area contributed by atoms with Gasteiger partial charge in [-0.15, -0.1) is 0 Å². The van der Waals surface area contributed by atoms with Crippen LogP contribution in [0.25, 0.3) is 0 Å². The molecule has 0 aliphatic carbocycles. The number of thioether (sulfide) groups is 1. The lowest BCUT2D eigenvalue weighted by molar-refractivity contribution is -0.0293. The standard InChI is InChI=1S/C11H17NOS/c1-11(5-3-7-14-11)10-9(8-12)4-2-6-13-10/h9-10H,2-7H2,1H3. The van der Waals surface area contributed by atoms with Crippen molar-refractivity contribution in [3.8, 4) is 6.07 Å². The van der Waals surface area contributed by atoms with Crippen LogP contribution in [0.4, 0.5) is 0 Å². The molecule has 2 aliphatic heterocycles. The molecule has 0 saturated carbocycles. The third kappa shape index (κ3) is 1.78. The maximum absolute atomic E-state index is 9.10. The lowest BCUT2D eigenvalue weighted by atomic mass is 9.85. The summed E-state index contributed by atoms with van der Waals surface area (Å²) in [6.45, 7) is 3.12. The zero-order valence-electron chi connectivity index (χ0n) is 8.66. The zero-order chi connectivity index (χ0) is 10.0. The van der Waals surface area contributed by atoms with Gasteiger partial charge in [0.25, 0.3) is 0 Å². The maximum atomic E-state index is 9.10. The first kappa shape index (κ1) is 10.3.